The highest BCUT2D eigenvalue weighted by atomic mass is 32.1. The number of aryl methyl sites for hydroxylation is 1. The van der Waals surface area contributed by atoms with E-state index in [2.05, 4.69) is 153 Å². The first-order chi connectivity index (χ1) is 30.9. The number of thiol groups is 1. The first kappa shape index (κ1) is 47.3. The number of rotatable bonds is 8. The van der Waals surface area contributed by atoms with Crippen molar-refractivity contribution in [2.45, 2.75) is 61.4 Å². The molecule has 0 unspecified atom stereocenters. The van der Waals surface area contributed by atoms with Crippen molar-refractivity contribution in [3.8, 4) is 22.3 Å². The van der Waals surface area contributed by atoms with Gasteiger partial charge in [0.1, 0.15) is 11.2 Å². The number of allylic oxidation sites excluding steroid dienone is 3. The lowest BCUT2D eigenvalue weighted by molar-refractivity contribution is 0.669. The number of fused-ring (bicyclic) bond motifs is 6. The molecule has 0 radical (unpaired) electrons. The zero-order chi connectivity index (χ0) is 45.1. The van der Waals surface area contributed by atoms with Gasteiger partial charge in [0.05, 0.1) is 6.54 Å². The van der Waals surface area contributed by atoms with Crippen LogP contribution in [0.25, 0.3) is 71.3 Å². The van der Waals surface area contributed by atoms with Gasteiger partial charge in [0, 0.05) is 21.9 Å². The van der Waals surface area contributed by atoms with Gasteiger partial charge in [-0.3, -0.25) is 4.99 Å². The van der Waals surface area contributed by atoms with Gasteiger partial charge >= 0.3 is 0 Å². The summed E-state index contributed by atoms with van der Waals surface area (Å²) in [7, 11) is 0. The first-order valence-corrected chi connectivity index (χ1v) is 22.4. The molecule has 4 heteroatoms. The number of nitrogens with one attached hydrogen (secondary N) is 1. The molecule has 0 saturated carbocycles. The minimum absolute atomic E-state index is 0.723. The summed E-state index contributed by atoms with van der Waals surface area (Å²) in [6, 6.07) is 59.1. The minimum atomic E-state index is 0.723. The van der Waals surface area contributed by atoms with Crippen molar-refractivity contribution in [2.24, 2.45) is 4.99 Å². The number of hydrogen-bond donors (Lipinski definition) is 2. The molecule has 1 heterocycles. The molecule has 9 rings (SSSR count). The highest BCUT2D eigenvalue weighted by Crippen LogP contribution is 2.39. The third-order valence-electron chi connectivity index (χ3n) is 10.5. The summed E-state index contributed by atoms with van der Waals surface area (Å²) < 4.78 is 6.23. The molecule has 0 bridgehead atoms. The van der Waals surface area contributed by atoms with Gasteiger partial charge in [-0.1, -0.05) is 198 Å². The zero-order valence-corrected chi connectivity index (χ0v) is 38.7. The fourth-order valence-corrected chi connectivity index (χ4v) is 7.97. The molecular weight excluding hydrogens is 785 g/mol. The molecule has 8 aromatic carbocycles. The number of benzene rings is 8. The molecule has 0 fully saturated rings. The Hall–Kier alpha value is -6.75. The zero-order valence-electron chi connectivity index (χ0n) is 37.8. The van der Waals surface area contributed by atoms with Gasteiger partial charge in [0.15, 0.2) is 0 Å². The second kappa shape index (κ2) is 24.0. The Bertz CT molecular complexity index is 2950. The van der Waals surface area contributed by atoms with Crippen molar-refractivity contribution in [1.82, 2.24) is 0 Å². The predicted molar refractivity (Wildman–Crippen MR) is 282 cm³/mol. The third kappa shape index (κ3) is 11.8. The smallest absolute Gasteiger partial charge is 0.136 e. The molecule has 9 aromatic rings. The Morgan fingerprint density at radius 2 is 1.29 bits per heavy atom. The number of hydrogen-bond acceptors (Lipinski definition) is 4. The Balaban J connectivity index is 0.000000221. The van der Waals surface area contributed by atoms with Crippen LogP contribution in [0.4, 0.5) is 0 Å². The highest BCUT2D eigenvalue weighted by Gasteiger charge is 2.14. The molecule has 0 amide bonds. The number of furan rings is 1. The quantitative estimate of drug-likeness (QED) is 0.0681. The molecule has 0 aliphatic rings. The molecule has 0 aliphatic carbocycles. The molecule has 0 saturated heterocycles. The third-order valence-corrected chi connectivity index (χ3v) is 10.9. The average molecular weight is 845 g/mol. The van der Waals surface area contributed by atoms with E-state index in [1.54, 1.807) is 0 Å². The van der Waals surface area contributed by atoms with Crippen LogP contribution in [0.2, 0.25) is 0 Å². The highest BCUT2D eigenvalue weighted by molar-refractivity contribution is 7.85. The second-order valence-corrected chi connectivity index (χ2v) is 14.9. The molecule has 3 nitrogen and oxygen atoms in total. The molecule has 0 atom stereocenters. The van der Waals surface area contributed by atoms with E-state index in [0.29, 0.717) is 0 Å². The lowest BCUT2D eigenvalue weighted by Gasteiger charge is -2.08. The summed E-state index contributed by atoms with van der Waals surface area (Å²) in [5, 5.41) is 14.8. The maximum Gasteiger partial charge on any atom is 0.136 e. The molecule has 0 spiro atoms. The van der Waals surface area contributed by atoms with E-state index in [0.717, 1.165) is 56.5 Å². The van der Waals surface area contributed by atoms with Gasteiger partial charge in [0.25, 0.3) is 0 Å². The Morgan fingerprint density at radius 3 is 1.98 bits per heavy atom. The van der Waals surface area contributed by atoms with Gasteiger partial charge in [-0.2, -0.15) is 0 Å². The SMILES string of the molecule is C/C=C\C(S)=C(/CC)c1cccc(C)c1.C=NCc1ccccc1.CC.CC.N=Cc1ccc(-c2cccc3oc4ccc(-c5ccc6c(ccc7ccccc76)c5)cc4c23)cc1. The van der Waals surface area contributed by atoms with Crippen molar-refractivity contribution in [1.29, 1.82) is 5.41 Å². The maximum absolute atomic E-state index is 7.49. The standard InChI is InChI=1S/C33H21NO.C14H18S.C8H9N.2C2H6/c34-20-21-8-10-23(11-9-21)29-6-3-7-32-33(29)30-19-25(15-17-31(30)35-32)24-14-16-28-26(18-24)13-12-22-4-1-2-5-27(22)28;1-4-7-14(15)13(5-2)12-9-6-8-11(3)10-12;1-9-7-8-5-3-2-4-6-8;2*1-2/h1-20,34H;4,6-10,15H,5H2,1-3H3;2-6H,1,7H2;2*1-2H3/b;7-4-,14-13-;;;. The summed E-state index contributed by atoms with van der Waals surface area (Å²) >= 11 is 4.52. The van der Waals surface area contributed by atoms with Crippen LogP contribution < -0.4 is 0 Å². The van der Waals surface area contributed by atoms with E-state index in [1.807, 2.05) is 101 Å². The number of nitrogens with zero attached hydrogens (tertiary/aromatic N) is 1. The summed E-state index contributed by atoms with van der Waals surface area (Å²) in [6.07, 6.45) is 6.45. The van der Waals surface area contributed by atoms with Crippen LogP contribution in [0, 0.1) is 12.3 Å². The van der Waals surface area contributed by atoms with Gasteiger partial charge in [0.2, 0.25) is 0 Å². The van der Waals surface area contributed by atoms with Crippen LogP contribution >= 0.6 is 12.6 Å². The van der Waals surface area contributed by atoms with Gasteiger partial charge in [-0.05, 0) is 117 Å². The van der Waals surface area contributed by atoms with E-state index in [1.165, 1.54) is 61.1 Å². The summed E-state index contributed by atoms with van der Waals surface area (Å²) in [5.41, 5.74) is 12.4. The summed E-state index contributed by atoms with van der Waals surface area (Å²) in [6.45, 7) is 18.4. The van der Waals surface area contributed by atoms with Crippen LogP contribution in [0.3, 0.4) is 0 Å². The van der Waals surface area contributed by atoms with Crippen LogP contribution in [0.1, 0.15) is 70.2 Å². The Morgan fingerprint density at radius 1 is 0.635 bits per heavy atom. The minimum Gasteiger partial charge on any atom is -0.456 e. The van der Waals surface area contributed by atoms with E-state index < -0.39 is 0 Å². The van der Waals surface area contributed by atoms with Gasteiger partial charge < -0.3 is 9.83 Å². The lowest BCUT2D eigenvalue weighted by Crippen LogP contribution is -1.86. The molecule has 1 aromatic heterocycles. The van der Waals surface area contributed by atoms with E-state index in [-0.39, 0.29) is 0 Å². The van der Waals surface area contributed by atoms with Gasteiger partial charge in [-0.25, -0.2) is 0 Å². The van der Waals surface area contributed by atoms with Crippen LogP contribution in [0.5, 0.6) is 0 Å². The lowest BCUT2D eigenvalue weighted by atomic mass is 9.95. The van der Waals surface area contributed by atoms with Crippen molar-refractivity contribution >= 4 is 74.6 Å². The van der Waals surface area contributed by atoms with Crippen LogP contribution in [0.15, 0.2) is 196 Å². The van der Waals surface area contributed by atoms with Gasteiger partial charge in [-0.15, -0.1) is 12.6 Å². The normalized spacial score (nSPS) is 11.0. The topological polar surface area (TPSA) is 49.4 Å². The molecule has 1 N–H and O–H groups in total. The van der Waals surface area contributed by atoms with E-state index in [4.69, 9.17) is 9.83 Å². The van der Waals surface area contributed by atoms with Crippen LogP contribution in [-0.4, -0.2) is 12.9 Å². The summed E-state index contributed by atoms with van der Waals surface area (Å²) in [4.78, 5) is 4.82. The van der Waals surface area contributed by atoms with E-state index in [9.17, 15) is 0 Å². The fraction of sp³-hybridized carbons (Fsp3) is 0.153. The molecular formula is C59H60N2OS. The Kier molecular flexibility index (Phi) is 18.0. The van der Waals surface area contributed by atoms with E-state index >= 15 is 0 Å². The fourth-order valence-electron chi connectivity index (χ4n) is 7.54. The average Bonchev–Trinajstić information content (AvgIpc) is 3.72. The summed E-state index contributed by atoms with van der Waals surface area (Å²) in [5.74, 6) is 0. The first-order valence-electron chi connectivity index (χ1n) is 22.0. The van der Waals surface area contributed by atoms with Crippen LogP contribution in [-0.2, 0) is 6.54 Å². The number of aliphatic imine (C=N–C) groups is 1. The van der Waals surface area contributed by atoms with Crippen molar-refractivity contribution in [3.63, 3.8) is 0 Å². The molecule has 63 heavy (non-hydrogen) atoms. The van der Waals surface area contributed by atoms with Crippen molar-refractivity contribution in [2.75, 3.05) is 0 Å². The monoisotopic (exact) mass is 844 g/mol. The maximum atomic E-state index is 7.49. The molecule has 318 valence electrons. The van der Waals surface area contributed by atoms with Crippen molar-refractivity contribution < 1.29 is 4.42 Å². The predicted octanol–water partition coefficient (Wildman–Crippen LogP) is 17.8. The second-order valence-electron chi connectivity index (χ2n) is 14.4. The molecule has 0 aliphatic heterocycles. The van der Waals surface area contributed by atoms with Crippen molar-refractivity contribution in [3.05, 3.63) is 209 Å². The Labute approximate surface area is 380 Å². The largest absolute Gasteiger partial charge is 0.456 e.